The second-order valence-electron chi connectivity index (χ2n) is 2.94. The Balaban J connectivity index is 2.85. The van der Waals surface area contributed by atoms with E-state index in [4.69, 9.17) is 11.6 Å². The normalized spacial score (nSPS) is 10.7. The van der Waals surface area contributed by atoms with Gasteiger partial charge in [0.2, 0.25) is 0 Å². The van der Waals surface area contributed by atoms with E-state index in [-0.39, 0.29) is 11.5 Å². The predicted molar refractivity (Wildman–Crippen MR) is 51.9 cm³/mol. The van der Waals surface area contributed by atoms with Gasteiger partial charge in [0.15, 0.2) is 17.2 Å². The number of pyridine rings is 1. The molecule has 2 aromatic rings. The Morgan fingerprint density at radius 3 is 3.00 bits per heavy atom. The topological polar surface area (TPSA) is 54.6 Å². The molecule has 5 heteroatoms. The van der Waals surface area contributed by atoms with Crippen molar-refractivity contribution in [2.24, 2.45) is 0 Å². The largest absolute Gasteiger partial charge is 0.504 e. The Morgan fingerprint density at radius 2 is 2.36 bits per heavy atom. The van der Waals surface area contributed by atoms with Crippen LogP contribution in [0.15, 0.2) is 18.5 Å². The summed E-state index contributed by atoms with van der Waals surface area (Å²) in [6.45, 7) is 1.43. The highest BCUT2D eigenvalue weighted by atomic mass is 35.5. The molecule has 1 N–H and O–H groups in total. The number of carbonyl (C=O) groups excluding carboxylic acids is 1. The number of nitrogens with zero attached hydrogens (tertiary/aromatic N) is 2. The summed E-state index contributed by atoms with van der Waals surface area (Å²) in [7, 11) is 0. The first-order chi connectivity index (χ1) is 6.59. The van der Waals surface area contributed by atoms with Crippen LogP contribution in [0.2, 0.25) is 5.02 Å². The van der Waals surface area contributed by atoms with Crippen molar-refractivity contribution in [3.63, 3.8) is 0 Å². The van der Waals surface area contributed by atoms with E-state index < -0.39 is 0 Å². The Kier molecular flexibility index (Phi) is 1.93. The molecule has 2 aromatic heterocycles. The number of hydrogen-bond acceptors (Lipinski definition) is 3. The van der Waals surface area contributed by atoms with E-state index in [9.17, 15) is 9.90 Å². The predicted octanol–water partition coefficient (Wildman–Crippen LogP) is 1.90. The average molecular weight is 211 g/mol. The second kappa shape index (κ2) is 2.99. The number of carbonyl (C=O) groups is 1. The summed E-state index contributed by atoms with van der Waals surface area (Å²) in [5, 5.41) is 9.83. The van der Waals surface area contributed by atoms with E-state index in [1.165, 1.54) is 23.6 Å². The molecule has 0 saturated carbocycles. The standard InChI is InChI=1S/C9H7ClN2O2/c1-5(13)7-3-11-9-8(14)2-6(10)4-12(7)9/h2-4,14H,1H3. The van der Waals surface area contributed by atoms with E-state index in [2.05, 4.69) is 4.98 Å². The third-order valence-corrected chi connectivity index (χ3v) is 2.12. The van der Waals surface area contributed by atoms with Crippen molar-refractivity contribution < 1.29 is 9.90 Å². The molecule has 72 valence electrons. The number of rotatable bonds is 1. The molecule has 0 saturated heterocycles. The Labute approximate surface area is 84.8 Å². The highest BCUT2D eigenvalue weighted by Gasteiger charge is 2.10. The van der Waals surface area contributed by atoms with Crippen LogP contribution in [-0.2, 0) is 0 Å². The molecule has 0 fully saturated rings. The molecule has 0 aliphatic carbocycles. The van der Waals surface area contributed by atoms with Crippen LogP contribution in [-0.4, -0.2) is 20.3 Å². The van der Waals surface area contributed by atoms with E-state index in [0.717, 1.165) is 0 Å². The van der Waals surface area contributed by atoms with Crippen molar-refractivity contribution in [3.8, 4) is 5.75 Å². The van der Waals surface area contributed by atoms with Crippen molar-refractivity contribution >= 4 is 23.0 Å². The van der Waals surface area contributed by atoms with E-state index >= 15 is 0 Å². The number of imidazole rings is 1. The third-order valence-electron chi connectivity index (χ3n) is 1.91. The Hall–Kier alpha value is -1.55. The van der Waals surface area contributed by atoms with Crippen LogP contribution < -0.4 is 0 Å². The lowest BCUT2D eigenvalue weighted by molar-refractivity contribution is 0.101. The maximum atomic E-state index is 11.2. The average Bonchev–Trinajstić information content (AvgIpc) is 2.47. The first-order valence-electron chi connectivity index (χ1n) is 3.96. The van der Waals surface area contributed by atoms with Gasteiger partial charge in [-0.2, -0.15) is 0 Å². The molecule has 0 radical (unpaired) electrons. The summed E-state index contributed by atoms with van der Waals surface area (Å²) in [6.07, 6.45) is 2.95. The summed E-state index contributed by atoms with van der Waals surface area (Å²) in [4.78, 5) is 15.1. The number of hydrogen-bond donors (Lipinski definition) is 1. The van der Waals surface area contributed by atoms with Gasteiger partial charge >= 0.3 is 0 Å². The van der Waals surface area contributed by atoms with Gasteiger partial charge in [-0.25, -0.2) is 4.98 Å². The first kappa shape index (κ1) is 9.02. The van der Waals surface area contributed by atoms with Gasteiger partial charge in [0, 0.05) is 19.2 Å². The minimum absolute atomic E-state index is 0.0370. The van der Waals surface area contributed by atoms with Crippen LogP contribution in [0.5, 0.6) is 5.75 Å². The minimum atomic E-state index is -0.126. The van der Waals surface area contributed by atoms with E-state index in [0.29, 0.717) is 16.4 Å². The van der Waals surface area contributed by atoms with Crippen LogP contribution >= 0.6 is 11.6 Å². The summed E-state index contributed by atoms with van der Waals surface area (Å²) in [5.41, 5.74) is 0.734. The highest BCUT2D eigenvalue weighted by molar-refractivity contribution is 6.30. The Morgan fingerprint density at radius 1 is 1.64 bits per heavy atom. The molecule has 0 bridgehead atoms. The van der Waals surface area contributed by atoms with Crippen LogP contribution in [0.3, 0.4) is 0 Å². The van der Waals surface area contributed by atoms with E-state index in [1.54, 1.807) is 6.20 Å². The highest BCUT2D eigenvalue weighted by Crippen LogP contribution is 2.23. The number of halogens is 1. The van der Waals surface area contributed by atoms with Crippen molar-refractivity contribution in [1.82, 2.24) is 9.38 Å². The summed E-state index contributed by atoms with van der Waals surface area (Å²) < 4.78 is 1.47. The van der Waals surface area contributed by atoms with Crippen LogP contribution in [0.4, 0.5) is 0 Å². The molecular weight excluding hydrogens is 204 g/mol. The SMILES string of the molecule is CC(=O)c1cnc2c(O)cc(Cl)cn12. The van der Waals surface area contributed by atoms with Crippen molar-refractivity contribution in [2.75, 3.05) is 0 Å². The molecule has 2 rings (SSSR count). The van der Waals surface area contributed by atoms with Crippen LogP contribution in [0.25, 0.3) is 5.65 Å². The lowest BCUT2D eigenvalue weighted by Crippen LogP contribution is -1.97. The Bertz CT molecular complexity index is 519. The number of ketones is 1. The van der Waals surface area contributed by atoms with Gasteiger partial charge in [0.05, 0.1) is 11.2 Å². The van der Waals surface area contributed by atoms with Gasteiger partial charge in [-0.15, -0.1) is 0 Å². The van der Waals surface area contributed by atoms with Crippen LogP contribution in [0.1, 0.15) is 17.4 Å². The molecule has 0 unspecified atom stereocenters. The third kappa shape index (κ3) is 1.24. The summed E-state index contributed by atoms with van der Waals surface area (Å²) >= 11 is 5.74. The van der Waals surface area contributed by atoms with Gasteiger partial charge in [0.25, 0.3) is 0 Å². The van der Waals surface area contributed by atoms with Gasteiger partial charge in [-0.3, -0.25) is 9.20 Å². The van der Waals surface area contributed by atoms with Crippen LogP contribution in [0, 0.1) is 0 Å². The first-order valence-corrected chi connectivity index (χ1v) is 4.34. The lowest BCUT2D eigenvalue weighted by atomic mass is 10.3. The second-order valence-corrected chi connectivity index (χ2v) is 3.37. The van der Waals surface area contributed by atoms with Crippen molar-refractivity contribution in [1.29, 1.82) is 0 Å². The number of aromatic nitrogens is 2. The maximum absolute atomic E-state index is 11.2. The number of Topliss-reactive ketones (excluding diaryl/α,β-unsaturated/α-hetero) is 1. The fourth-order valence-electron chi connectivity index (χ4n) is 1.30. The zero-order valence-corrected chi connectivity index (χ0v) is 8.12. The lowest BCUT2D eigenvalue weighted by Gasteiger charge is -2.00. The molecule has 0 aromatic carbocycles. The molecule has 0 atom stereocenters. The molecule has 0 aliphatic heterocycles. The summed E-state index contributed by atoms with van der Waals surface area (Å²) in [5.74, 6) is -0.163. The van der Waals surface area contributed by atoms with Crippen molar-refractivity contribution in [2.45, 2.75) is 6.92 Å². The van der Waals surface area contributed by atoms with Gasteiger partial charge < -0.3 is 5.11 Å². The fraction of sp³-hybridized carbons (Fsp3) is 0.111. The maximum Gasteiger partial charge on any atom is 0.180 e. The zero-order chi connectivity index (χ0) is 10.3. The molecule has 0 spiro atoms. The van der Waals surface area contributed by atoms with Gasteiger partial charge in [-0.05, 0) is 0 Å². The van der Waals surface area contributed by atoms with Crippen molar-refractivity contribution in [3.05, 3.63) is 29.2 Å². The molecule has 2 heterocycles. The quantitative estimate of drug-likeness (QED) is 0.732. The summed E-state index contributed by atoms with van der Waals surface area (Å²) in [6, 6.07) is 1.38. The zero-order valence-electron chi connectivity index (χ0n) is 7.36. The number of aromatic hydroxyl groups is 1. The van der Waals surface area contributed by atoms with E-state index in [1.807, 2.05) is 0 Å². The number of fused-ring (bicyclic) bond motifs is 1. The van der Waals surface area contributed by atoms with Gasteiger partial charge in [0.1, 0.15) is 5.69 Å². The minimum Gasteiger partial charge on any atom is -0.504 e. The molecule has 4 nitrogen and oxygen atoms in total. The fourth-order valence-corrected chi connectivity index (χ4v) is 1.50. The molecule has 14 heavy (non-hydrogen) atoms. The molecule has 0 aliphatic rings. The molecule has 0 amide bonds. The smallest absolute Gasteiger partial charge is 0.180 e. The monoisotopic (exact) mass is 210 g/mol. The molecular formula is C9H7ClN2O2. The van der Waals surface area contributed by atoms with Gasteiger partial charge in [-0.1, -0.05) is 11.6 Å².